The Labute approximate surface area is 97.1 Å². The molecule has 0 aliphatic carbocycles. The molecule has 0 bridgehead atoms. The van der Waals surface area contributed by atoms with E-state index in [1.54, 1.807) is 0 Å². The lowest BCUT2D eigenvalue weighted by molar-refractivity contribution is -0.137. The highest BCUT2D eigenvalue weighted by Gasteiger charge is 2.16. The number of carboxylic acids is 1. The number of rotatable bonds is 4. The second kappa shape index (κ2) is 5.05. The fourth-order valence-corrected chi connectivity index (χ4v) is 1.46. The van der Waals surface area contributed by atoms with Crippen LogP contribution in [0.15, 0.2) is 12.1 Å². The first-order valence-electron chi connectivity index (χ1n) is 4.61. The minimum atomic E-state index is -0.965. The Morgan fingerprint density at radius 2 is 2.00 bits per heavy atom. The largest absolute Gasteiger partial charge is 0.504 e. The van der Waals surface area contributed by atoms with Gasteiger partial charge in [-0.25, -0.2) is 0 Å². The molecule has 16 heavy (non-hydrogen) atoms. The van der Waals surface area contributed by atoms with Gasteiger partial charge in [0, 0.05) is 18.0 Å². The lowest BCUT2D eigenvalue weighted by Gasteiger charge is -2.13. The van der Waals surface area contributed by atoms with E-state index >= 15 is 0 Å². The van der Waals surface area contributed by atoms with Crippen molar-refractivity contribution in [2.24, 2.45) is 5.73 Å². The predicted molar refractivity (Wildman–Crippen MR) is 58.6 cm³/mol. The Bertz CT molecular complexity index is 408. The van der Waals surface area contributed by atoms with Crippen molar-refractivity contribution in [3.63, 3.8) is 0 Å². The van der Waals surface area contributed by atoms with E-state index in [4.69, 9.17) is 22.4 Å². The molecular weight excluding hydrogens is 234 g/mol. The van der Waals surface area contributed by atoms with E-state index in [2.05, 4.69) is 0 Å². The second-order valence-electron chi connectivity index (χ2n) is 3.37. The molecule has 6 heteroatoms. The van der Waals surface area contributed by atoms with Crippen molar-refractivity contribution in [1.82, 2.24) is 0 Å². The van der Waals surface area contributed by atoms with Crippen LogP contribution in [0.3, 0.4) is 0 Å². The molecule has 1 aromatic rings. The number of hydrogen-bond acceptors (Lipinski definition) is 4. The SMILES string of the molecule is NC(CCC(=O)O)c1ccc(Cl)c(O)c1O. The van der Waals surface area contributed by atoms with Crippen molar-refractivity contribution in [3.05, 3.63) is 22.7 Å². The summed E-state index contributed by atoms with van der Waals surface area (Å²) >= 11 is 5.57. The molecule has 88 valence electrons. The van der Waals surface area contributed by atoms with Crippen molar-refractivity contribution >= 4 is 17.6 Å². The van der Waals surface area contributed by atoms with Gasteiger partial charge >= 0.3 is 5.97 Å². The maximum Gasteiger partial charge on any atom is 0.303 e. The summed E-state index contributed by atoms with van der Waals surface area (Å²) in [6.45, 7) is 0. The van der Waals surface area contributed by atoms with Crippen LogP contribution in [0.2, 0.25) is 5.02 Å². The summed E-state index contributed by atoms with van der Waals surface area (Å²) in [5, 5.41) is 27.4. The number of carbonyl (C=O) groups is 1. The number of nitrogens with two attached hydrogens (primary N) is 1. The first-order valence-corrected chi connectivity index (χ1v) is 4.99. The topological polar surface area (TPSA) is 104 Å². The third-order valence-electron chi connectivity index (χ3n) is 2.20. The van der Waals surface area contributed by atoms with Crippen molar-refractivity contribution in [2.45, 2.75) is 18.9 Å². The highest BCUT2D eigenvalue weighted by atomic mass is 35.5. The molecule has 0 radical (unpaired) electrons. The highest BCUT2D eigenvalue weighted by molar-refractivity contribution is 6.32. The average Bonchev–Trinajstić information content (AvgIpc) is 2.23. The molecule has 0 saturated carbocycles. The smallest absolute Gasteiger partial charge is 0.303 e. The summed E-state index contributed by atoms with van der Waals surface area (Å²) in [6.07, 6.45) is 0.0635. The Morgan fingerprint density at radius 3 is 2.56 bits per heavy atom. The molecule has 5 N–H and O–H groups in total. The van der Waals surface area contributed by atoms with Crippen molar-refractivity contribution in [3.8, 4) is 11.5 Å². The van der Waals surface area contributed by atoms with Crippen LogP contribution in [-0.2, 0) is 4.79 Å². The molecule has 0 saturated heterocycles. The van der Waals surface area contributed by atoms with Gasteiger partial charge < -0.3 is 21.1 Å². The Morgan fingerprint density at radius 1 is 1.38 bits per heavy atom. The van der Waals surface area contributed by atoms with Crippen LogP contribution in [0.1, 0.15) is 24.4 Å². The fraction of sp³-hybridized carbons (Fsp3) is 0.300. The van der Waals surface area contributed by atoms with Crippen molar-refractivity contribution in [1.29, 1.82) is 0 Å². The van der Waals surface area contributed by atoms with Gasteiger partial charge in [-0.3, -0.25) is 4.79 Å². The van der Waals surface area contributed by atoms with Crippen molar-refractivity contribution < 1.29 is 20.1 Å². The van der Waals surface area contributed by atoms with Gasteiger partial charge in [0.15, 0.2) is 11.5 Å². The zero-order valence-electron chi connectivity index (χ0n) is 8.35. The standard InChI is InChI=1S/C10H12ClNO4/c11-6-2-1-5(9(15)10(6)16)7(12)3-4-8(13)14/h1-2,7,15-16H,3-4,12H2,(H,13,14). The molecule has 0 aromatic heterocycles. The lowest BCUT2D eigenvalue weighted by Crippen LogP contribution is -2.12. The molecule has 0 amide bonds. The normalized spacial score (nSPS) is 12.4. The maximum absolute atomic E-state index is 10.4. The molecule has 0 fully saturated rings. The number of halogens is 1. The molecule has 0 aliphatic heterocycles. The molecule has 0 aliphatic rings. The summed E-state index contributed by atoms with van der Waals surface area (Å²) in [6, 6.07) is 2.20. The Hall–Kier alpha value is -1.46. The van der Waals surface area contributed by atoms with Gasteiger partial charge in [0.1, 0.15) is 0 Å². The Balaban J connectivity index is 2.87. The van der Waals surface area contributed by atoms with Gasteiger partial charge in [-0.2, -0.15) is 0 Å². The number of phenols is 2. The lowest BCUT2D eigenvalue weighted by atomic mass is 10.0. The zero-order chi connectivity index (χ0) is 12.3. The van der Waals surface area contributed by atoms with E-state index in [1.165, 1.54) is 12.1 Å². The van der Waals surface area contributed by atoms with Gasteiger partial charge in [-0.1, -0.05) is 17.7 Å². The third kappa shape index (κ3) is 2.77. The van der Waals surface area contributed by atoms with Crippen LogP contribution in [0, 0.1) is 0 Å². The highest BCUT2D eigenvalue weighted by Crippen LogP contribution is 2.38. The predicted octanol–water partition coefficient (Wildman–Crippen LogP) is 1.62. The van der Waals surface area contributed by atoms with E-state index in [-0.39, 0.29) is 23.4 Å². The van der Waals surface area contributed by atoms with Crippen LogP contribution in [-0.4, -0.2) is 21.3 Å². The van der Waals surface area contributed by atoms with Gasteiger partial charge in [0.25, 0.3) is 0 Å². The quantitative estimate of drug-likeness (QED) is 0.604. The third-order valence-corrected chi connectivity index (χ3v) is 2.51. The van der Waals surface area contributed by atoms with E-state index in [9.17, 15) is 15.0 Å². The summed E-state index contributed by atoms with van der Waals surface area (Å²) in [5.41, 5.74) is 5.97. The molecule has 1 atom stereocenters. The molecule has 0 heterocycles. The molecule has 1 rings (SSSR count). The van der Waals surface area contributed by atoms with Crippen molar-refractivity contribution in [2.75, 3.05) is 0 Å². The van der Waals surface area contributed by atoms with E-state index in [0.29, 0.717) is 0 Å². The summed E-state index contributed by atoms with van der Waals surface area (Å²) in [5.74, 6) is -1.80. The summed E-state index contributed by atoms with van der Waals surface area (Å²) in [7, 11) is 0. The monoisotopic (exact) mass is 245 g/mol. The van der Waals surface area contributed by atoms with E-state index in [0.717, 1.165) is 0 Å². The molecular formula is C10H12ClNO4. The minimum absolute atomic E-state index is 0.0201. The molecule has 1 aromatic carbocycles. The van der Waals surface area contributed by atoms with Crippen LogP contribution in [0.4, 0.5) is 0 Å². The van der Waals surface area contributed by atoms with Crippen LogP contribution in [0.25, 0.3) is 0 Å². The number of phenolic OH excluding ortho intramolecular Hbond substituents is 2. The second-order valence-corrected chi connectivity index (χ2v) is 3.78. The molecule has 0 spiro atoms. The first kappa shape index (κ1) is 12.6. The number of hydrogen-bond donors (Lipinski definition) is 4. The minimum Gasteiger partial charge on any atom is -0.504 e. The van der Waals surface area contributed by atoms with Gasteiger partial charge in [0.2, 0.25) is 0 Å². The summed E-state index contributed by atoms with van der Waals surface area (Å²) in [4.78, 5) is 10.4. The summed E-state index contributed by atoms with van der Waals surface area (Å²) < 4.78 is 0. The van der Waals surface area contributed by atoms with Gasteiger partial charge in [-0.15, -0.1) is 0 Å². The van der Waals surface area contributed by atoms with Gasteiger partial charge in [0.05, 0.1) is 5.02 Å². The first-order chi connectivity index (χ1) is 7.43. The number of carboxylic acid groups (broad SMARTS) is 1. The van der Waals surface area contributed by atoms with Crippen LogP contribution < -0.4 is 5.73 Å². The maximum atomic E-state index is 10.4. The number of aromatic hydroxyl groups is 2. The van der Waals surface area contributed by atoms with E-state index in [1.807, 2.05) is 0 Å². The molecule has 5 nitrogen and oxygen atoms in total. The zero-order valence-corrected chi connectivity index (χ0v) is 9.11. The fourth-order valence-electron chi connectivity index (χ4n) is 1.30. The van der Waals surface area contributed by atoms with E-state index < -0.39 is 23.5 Å². The Kier molecular flexibility index (Phi) is 3.98. The molecule has 1 unspecified atom stereocenters. The average molecular weight is 246 g/mol. The number of aliphatic carboxylic acids is 1. The van der Waals surface area contributed by atoms with Crippen LogP contribution in [0.5, 0.6) is 11.5 Å². The van der Waals surface area contributed by atoms with Crippen LogP contribution >= 0.6 is 11.6 Å². The number of benzene rings is 1. The van der Waals surface area contributed by atoms with Gasteiger partial charge in [-0.05, 0) is 12.5 Å².